The van der Waals surface area contributed by atoms with E-state index in [1.54, 1.807) is 0 Å². The summed E-state index contributed by atoms with van der Waals surface area (Å²) >= 11 is 0. The van der Waals surface area contributed by atoms with Gasteiger partial charge >= 0.3 is 0 Å². The van der Waals surface area contributed by atoms with Gasteiger partial charge in [-0.05, 0) is 64.0 Å². The van der Waals surface area contributed by atoms with Gasteiger partial charge in [-0.1, -0.05) is 23.4 Å². The molecule has 1 aromatic carbocycles. The van der Waals surface area contributed by atoms with Crippen LogP contribution in [0.1, 0.15) is 25.1 Å². The Bertz CT molecular complexity index is 567. The van der Waals surface area contributed by atoms with Crippen molar-refractivity contribution in [1.82, 2.24) is 20.4 Å². The summed E-state index contributed by atoms with van der Waals surface area (Å²) in [6.07, 6.45) is 3.82. The lowest BCUT2D eigenvalue weighted by Gasteiger charge is -2.31. The summed E-state index contributed by atoms with van der Waals surface area (Å²) in [5, 5.41) is 7.36. The Morgan fingerprint density at radius 2 is 1.96 bits per heavy atom. The van der Waals surface area contributed by atoms with E-state index in [9.17, 15) is 0 Å². The number of piperidine rings is 1. The van der Waals surface area contributed by atoms with E-state index in [-0.39, 0.29) is 12.4 Å². The zero-order valence-electron chi connectivity index (χ0n) is 13.6. The minimum Gasteiger partial charge on any atom is -0.334 e. The van der Waals surface area contributed by atoms with Crippen LogP contribution in [0.3, 0.4) is 0 Å². The molecule has 0 bridgehead atoms. The van der Waals surface area contributed by atoms with E-state index in [0.29, 0.717) is 5.89 Å². The molecule has 0 amide bonds. The maximum Gasteiger partial charge on any atom is 0.257 e. The SMILES string of the molecule is CNCCC1CCN(Cc2noc(-c3ccccc3)n2)CC1.Cl. The van der Waals surface area contributed by atoms with Gasteiger partial charge < -0.3 is 9.84 Å². The first-order valence-corrected chi connectivity index (χ1v) is 8.10. The number of aromatic nitrogens is 2. The first-order valence-electron chi connectivity index (χ1n) is 8.10. The van der Waals surface area contributed by atoms with Gasteiger partial charge in [-0.15, -0.1) is 12.4 Å². The maximum absolute atomic E-state index is 5.37. The Balaban J connectivity index is 0.00000192. The Kier molecular flexibility index (Phi) is 7.02. The molecule has 2 heterocycles. The number of nitrogens with zero attached hydrogens (tertiary/aromatic N) is 3. The van der Waals surface area contributed by atoms with E-state index in [0.717, 1.165) is 43.5 Å². The van der Waals surface area contributed by atoms with Crippen molar-refractivity contribution in [3.05, 3.63) is 36.2 Å². The molecule has 0 aliphatic carbocycles. The largest absolute Gasteiger partial charge is 0.334 e. The second-order valence-corrected chi connectivity index (χ2v) is 5.99. The molecule has 1 N–H and O–H groups in total. The molecule has 0 saturated carbocycles. The molecular weight excluding hydrogens is 312 g/mol. The molecule has 2 aromatic rings. The maximum atomic E-state index is 5.37. The highest BCUT2D eigenvalue weighted by Crippen LogP contribution is 2.22. The molecule has 0 radical (unpaired) electrons. The first-order chi connectivity index (χ1) is 10.8. The van der Waals surface area contributed by atoms with Gasteiger partial charge in [0.25, 0.3) is 5.89 Å². The van der Waals surface area contributed by atoms with E-state index < -0.39 is 0 Å². The molecule has 5 nitrogen and oxygen atoms in total. The summed E-state index contributed by atoms with van der Waals surface area (Å²) < 4.78 is 5.37. The van der Waals surface area contributed by atoms with Crippen LogP contribution in [-0.2, 0) is 6.54 Å². The zero-order valence-corrected chi connectivity index (χ0v) is 14.4. The minimum absolute atomic E-state index is 0. The normalized spacial score (nSPS) is 16.2. The molecule has 1 aliphatic heterocycles. The molecule has 1 aromatic heterocycles. The van der Waals surface area contributed by atoms with E-state index in [2.05, 4.69) is 20.4 Å². The van der Waals surface area contributed by atoms with Gasteiger partial charge in [-0.25, -0.2) is 0 Å². The second-order valence-electron chi connectivity index (χ2n) is 5.99. The lowest BCUT2D eigenvalue weighted by Crippen LogP contribution is -2.34. The van der Waals surface area contributed by atoms with Crippen LogP contribution < -0.4 is 5.32 Å². The first kappa shape index (κ1) is 17.9. The summed E-state index contributed by atoms with van der Waals surface area (Å²) in [4.78, 5) is 6.94. The van der Waals surface area contributed by atoms with Crippen molar-refractivity contribution in [3.63, 3.8) is 0 Å². The highest BCUT2D eigenvalue weighted by molar-refractivity contribution is 5.85. The van der Waals surface area contributed by atoms with Crippen LogP contribution in [-0.4, -0.2) is 41.7 Å². The number of hydrogen-bond acceptors (Lipinski definition) is 5. The molecular formula is C17H25ClN4O. The lowest BCUT2D eigenvalue weighted by atomic mass is 9.93. The fourth-order valence-electron chi connectivity index (χ4n) is 3.00. The number of rotatable bonds is 6. The van der Waals surface area contributed by atoms with Crippen LogP contribution in [0.15, 0.2) is 34.9 Å². The standard InChI is InChI=1S/C17H24N4O.ClH/c1-18-10-7-14-8-11-21(12-9-14)13-16-19-17(22-20-16)15-5-3-2-4-6-15;/h2-6,14,18H,7-13H2,1H3;1H. The Hall–Kier alpha value is -1.43. The van der Waals surface area contributed by atoms with Gasteiger partial charge in [0.05, 0.1) is 6.54 Å². The summed E-state index contributed by atoms with van der Waals surface area (Å²) in [7, 11) is 2.02. The number of nitrogens with one attached hydrogen (secondary N) is 1. The monoisotopic (exact) mass is 336 g/mol. The van der Waals surface area contributed by atoms with Crippen molar-refractivity contribution in [2.24, 2.45) is 5.92 Å². The summed E-state index contributed by atoms with van der Waals surface area (Å²) in [5.74, 6) is 2.25. The molecule has 1 aliphatic rings. The number of likely N-dealkylation sites (tertiary alicyclic amines) is 1. The van der Waals surface area contributed by atoms with Gasteiger partial charge in [-0.2, -0.15) is 4.98 Å². The Morgan fingerprint density at radius 3 is 2.65 bits per heavy atom. The third-order valence-corrected chi connectivity index (χ3v) is 4.36. The fourth-order valence-corrected chi connectivity index (χ4v) is 3.00. The quantitative estimate of drug-likeness (QED) is 0.879. The Labute approximate surface area is 143 Å². The molecule has 1 saturated heterocycles. The van der Waals surface area contributed by atoms with Gasteiger partial charge in [-0.3, -0.25) is 4.90 Å². The minimum atomic E-state index is 0. The average Bonchev–Trinajstić information content (AvgIpc) is 3.04. The van der Waals surface area contributed by atoms with Crippen LogP contribution in [0, 0.1) is 5.92 Å². The summed E-state index contributed by atoms with van der Waals surface area (Å²) in [5.41, 5.74) is 0.979. The topological polar surface area (TPSA) is 54.2 Å². The van der Waals surface area contributed by atoms with Crippen molar-refractivity contribution >= 4 is 12.4 Å². The van der Waals surface area contributed by atoms with E-state index >= 15 is 0 Å². The number of hydrogen-bond donors (Lipinski definition) is 1. The van der Waals surface area contributed by atoms with Crippen LogP contribution in [0.2, 0.25) is 0 Å². The highest BCUT2D eigenvalue weighted by Gasteiger charge is 2.20. The lowest BCUT2D eigenvalue weighted by molar-refractivity contribution is 0.167. The predicted molar refractivity (Wildman–Crippen MR) is 93.5 cm³/mol. The van der Waals surface area contributed by atoms with E-state index in [1.165, 1.54) is 19.3 Å². The Morgan fingerprint density at radius 1 is 1.22 bits per heavy atom. The van der Waals surface area contributed by atoms with Crippen molar-refractivity contribution in [2.75, 3.05) is 26.7 Å². The third kappa shape index (κ3) is 5.03. The highest BCUT2D eigenvalue weighted by atomic mass is 35.5. The molecule has 0 spiro atoms. The smallest absolute Gasteiger partial charge is 0.257 e. The van der Waals surface area contributed by atoms with Crippen molar-refractivity contribution in [2.45, 2.75) is 25.8 Å². The molecule has 0 unspecified atom stereocenters. The summed E-state index contributed by atoms with van der Waals surface area (Å²) in [6.45, 7) is 4.16. The molecule has 0 atom stereocenters. The zero-order chi connectivity index (χ0) is 15.2. The fraction of sp³-hybridized carbons (Fsp3) is 0.529. The molecule has 1 fully saturated rings. The van der Waals surface area contributed by atoms with Gasteiger partial charge in [0, 0.05) is 5.56 Å². The van der Waals surface area contributed by atoms with Crippen LogP contribution in [0.5, 0.6) is 0 Å². The van der Waals surface area contributed by atoms with Gasteiger partial charge in [0.2, 0.25) is 0 Å². The van der Waals surface area contributed by atoms with Gasteiger partial charge in [0.1, 0.15) is 0 Å². The summed E-state index contributed by atoms with van der Waals surface area (Å²) in [6, 6.07) is 9.93. The van der Waals surface area contributed by atoms with Crippen molar-refractivity contribution in [3.8, 4) is 11.5 Å². The number of halogens is 1. The van der Waals surface area contributed by atoms with Crippen molar-refractivity contribution < 1.29 is 4.52 Å². The van der Waals surface area contributed by atoms with Crippen LogP contribution in [0.25, 0.3) is 11.5 Å². The molecule has 23 heavy (non-hydrogen) atoms. The molecule has 3 rings (SSSR count). The molecule has 6 heteroatoms. The van der Waals surface area contributed by atoms with Crippen LogP contribution in [0.4, 0.5) is 0 Å². The van der Waals surface area contributed by atoms with E-state index in [1.807, 2.05) is 37.4 Å². The molecule has 126 valence electrons. The third-order valence-electron chi connectivity index (χ3n) is 4.36. The van der Waals surface area contributed by atoms with Gasteiger partial charge in [0.15, 0.2) is 5.82 Å². The van der Waals surface area contributed by atoms with Crippen LogP contribution >= 0.6 is 12.4 Å². The second kappa shape index (κ2) is 9.01. The number of benzene rings is 1. The van der Waals surface area contributed by atoms with Crippen molar-refractivity contribution in [1.29, 1.82) is 0 Å². The average molecular weight is 337 g/mol. The van der Waals surface area contributed by atoms with E-state index in [4.69, 9.17) is 4.52 Å². The predicted octanol–water partition coefficient (Wildman–Crippen LogP) is 2.98.